The molecule has 0 amide bonds. The van der Waals surface area contributed by atoms with Crippen molar-refractivity contribution in [3.8, 4) is 0 Å². The fraction of sp³-hybridized carbons (Fsp3) is 0.250. The molecule has 1 aromatic rings. The first-order chi connectivity index (χ1) is 8.58. The summed E-state index contributed by atoms with van der Waals surface area (Å²) in [6.45, 7) is 0. The summed E-state index contributed by atoms with van der Waals surface area (Å²) in [5.74, 6) is -1.17. The minimum Gasteiger partial charge on any atom is -0.478 e. The molecule has 6 nitrogen and oxygen atoms in total. The predicted octanol–water partition coefficient (Wildman–Crippen LogP) is 2.42. The zero-order chi connectivity index (χ0) is 13.1. The molecule has 0 saturated heterocycles. The average molecular weight is 248 g/mol. The monoisotopic (exact) mass is 248 g/mol. The maximum Gasteiger partial charge on any atom is 0.338 e. The lowest BCUT2D eigenvalue weighted by Gasteiger charge is -2.15. The average Bonchev–Trinajstić information content (AvgIpc) is 2.81. The minimum atomic E-state index is -1.17. The molecule has 0 radical (unpaired) electrons. The first kappa shape index (κ1) is 12.1. The van der Waals surface area contributed by atoms with Gasteiger partial charge in [-0.05, 0) is 18.9 Å². The molecule has 0 aromatic heterocycles. The van der Waals surface area contributed by atoms with E-state index in [2.05, 4.69) is 5.32 Å². The molecule has 2 rings (SSSR count). The van der Waals surface area contributed by atoms with Gasteiger partial charge < -0.3 is 10.4 Å². The smallest absolute Gasteiger partial charge is 0.338 e. The van der Waals surface area contributed by atoms with Gasteiger partial charge in [0.2, 0.25) is 0 Å². The van der Waals surface area contributed by atoms with E-state index in [9.17, 15) is 14.9 Å². The van der Waals surface area contributed by atoms with Gasteiger partial charge in [0.1, 0.15) is 0 Å². The van der Waals surface area contributed by atoms with E-state index in [1.807, 2.05) is 12.2 Å². The molecule has 1 aromatic carbocycles. The third-order valence-electron chi connectivity index (χ3n) is 2.81. The largest absolute Gasteiger partial charge is 0.478 e. The van der Waals surface area contributed by atoms with Crippen LogP contribution in [0, 0.1) is 10.1 Å². The van der Waals surface area contributed by atoms with Crippen molar-refractivity contribution >= 4 is 17.3 Å². The number of non-ortho nitro benzene ring substituents is 1. The molecule has 0 heterocycles. The van der Waals surface area contributed by atoms with Gasteiger partial charge in [0.25, 0.3) is 5.69 Å². The molecule has 18 heavy (non-hydrogen) atoms. The highest BCUT2D eigenvalue weighted by Gasteiger charge is 2.18. The Morgan fingerprint density at radius 3 is 2.61 bits per heavy atom. The number of aromatic carboxylic acids is 1. The Morgan fingerprint density at radius 1 is 1.39 bits per heavy atom. The highest BCUT2D eigenvalue weighted by atomic mass is 16.6. The SMILES string of the molecule is O=C(O)c1cc([N+](=O)[O-])ccc1NC1CC=CC1. The van der Waals surface area contributed by atoms with Crippen molar-refractivity contribution in [3.05, 3.63) is 46.0 Å². The number of nitro groups is 1. The Kier molecular flexibility index (Phi) is 3.27. The van der Waals surface area contributed by atoms with E-state index in [1.165, 1.54) is 12.1 Å². The normalized spacial score (nSPS) is 14.7. The lowest BCUT2D eigenvalue weighted by Crippen LogP contribution is -2.17. The highest BCUT2D eigenvalue weighted by molar-refractivity contribution is 5.95. The van der Waals surface area contributed by atoms with E-state index in [4.69, 9.17) is 5.11 Å². The number of hydrogen-bond donors (Lipinski definition) is 2. The summed E-state index contributed by atoms with van der Waals surface area (Å²) in [6.07, 6.45) is 5.69. The maximum absolute atomic E-state index is 11.1. The highest BCUT2D eigenvalue weighted by Crippen LogP contribution is 2.25. The molecule has 2 N–H and O–H groups in total. The van der Waals surface area contributed by atoms with Gasteiger partial charge in [0, 0.05) is 23.9 Å². The van der Waals surface area contributed by atoms with Crippen LogP contribution in [0.15, 0.2) is 30.4 Å². The molecule has 0 atom stereocenters. The van der Waals surface area contributed by atoms with Crippen LogP contribution in [-0.2, 0) is 0 Å². The van der Waals surface area contributed by atoms with Gasteiger partial charge in [-0.3, -0.25) is 10.1 Å². The number of carboxylic acids is 1. The van der Waals surface area contributed by atoms with E-state index in [0.29, 0.717) is 5.69 Å². The molecular weight excluding hydrogens is 236 g/mol. The maximum atomic E-state index is 11.1. The predicted molar refractivity (Wildman–Crippen MR) is 65.8 cm³/mol. The fourth-order valence-electron chi connectivity index (χ4n) is 1.90. The quantitative estimate of drug-likeness (QED) is 0.485. The van der Waals surface area contributed by atoms with Crippen LogP contribution in [0.2, 0.25) is 0 Å². The van der Waals surface area contributed by atoms with E-state index in [-0.39, 0.29) is 17.3 Å². The molecule has 0 unspecified atom stereocenters. The van der Waals surface area contributed by atoms with Crippen molar-refractivity contribution in [3.63, 3.8) is 0 Å². The number of nitro benzene ring substituents is 1. The van der Waals surface area contributed by atoms with Gasteiger partial charge in [-0.2, -0.15) is 0 Å². The second kappa shape index (κ2) is 4.87. The number of nitrogens with zero attached hydrogens (tertiary/aromatic N) is 1. The first-order valence-electron chi connectivity index (χ1n) is 5.51. The Hall–Kier alpha value is -2.37. The number of benzene rings is 1. The van der Waals surface area contributed by atoms with Crippen molar-refractivity contribution in [1.29, 1.82) is 0 Å². The van der Waals surface area contributed by atoms with Crippen LogP contribution in [0.25, 0.3) is 0 Å². The molecule has 0 bridgehead atoms. The van der Waals surface area contributed by atoms with E-state index in [0.717, 1.165) is 18.9 Å². The Labute approximate surface area is 103 Å². The van der Waals surface area contributed by atoms with Crippen LogP contribution in [0.1, 0.15) is 23.2 Å². The molecule has 1 aliphatic rings. The lowest BCUT2D eigenvalue weighted by atomic mass is 10.1. The summed E-state index contributed by atoms with van der Waals surface area (Å²) in [4.78, 5) is 21.1. The van der Waals surface area contributed by atoms with Crippen molar-refractivity contribution < 1.29 is 14.8 Å². The van der Waals surface area contributed by atoms with Crippen molar-refractivity contribution in [2.24, 2.45) is 0 Å². The standard InChI is InChI=1S/C12H12N2O4/c15-12(16)10-7-9(14(17)18)5-6-11(10)13-8-3-1-2-4-8/h1-2,5-8,13H,3-4H2,(H,15,16). The third kappa shape index (κ3) is 2.48. The summed E-state index contributed by atoms with van der Waals surface area (Å²) >= 11 is 0. The van der Waals surface area contributed by atoms with Gasteiger partial charge in [0.15, 0.2) is 0 Å². The second-order valence-corrected chi connectivity index (χ2v) is 4.08. The summed E-state index contributed by atoms with van der Waals surface area (Å²) in [5, 5.41) is 22.8. The van der Waals surface area contributed by atoms with Gasteiger partial charge in [0.05, 0.1) is 10.5 Å². The van der Waals surface area contributed by atoms with Crippen molar-refractivity contribution in [2.75, 3.05) is 5.32 Å². The van der Waals surface area contributed by atoms with Crippen LogP contribution in [-0.4, -0.2) is 22.0 Å². The second-order valence-electron chi connectivity index (χ2n) is 4.08. The molecule has 0 aliphatic heterocycles. The lowest BCUT2D eigenvalue weighted by molar-refractivity contribution is -0.384. The Morgan fingerprint density at radius 2 is 2.06 bits per heavy atom. The number of anilines is 1. The van der Waals surface area contributed by atoms with Gasteiger partial charge in [-0.25, -0.2) is 4.79 Å². The summed E-state index contributed by atoms with van der Waals surface area (Å²) in [6, 6.07) is 3.98. The minimum absolute atomic E-state index is 0.0731. The van der Waals surface area contributed by atoms with Crippen LogP contribution in [0.3, 0.4) is 0 Å². The molecule has 0 saturated carbocycles. The molecule has 6 heteroatoms. The number of rotatable bonds is 4. The van der Waals surface area contributed by atoms with Gasteiger partial charge >= 0.3 is 5.97 Å². The van der Waals surface area contributed by atoms with Crippen molar-refractivity contribution in [2.45, 2.75) is 18.9 Å². The van der Waals surface area contributed by atoms with Crippen molar-refractivity contribution in [1.82, 2.24) is 0 Å². The Balaban J connectivity index is 2.28. The zero-order valence-electron chi connectivity index (χ0n) is 9.50. The summed E-state index contributed by atoms with van der Waals surface area (Å²) in [7, 11) is 0. The number of carbonyl (C=O) groups is 1. The van der Waals surface area contributed by atoms with Gasteiger partial charge in [-0.15, -0.1) is 0 Å². The topological polar surface area (TPSA) is 92.5 Å². The van der Waals surface area contributed by atoms with Gasteiger partial charge in [-0.1, -0.05) is 12.2 Å². The Bertz CT molecular complexity index is 517. The van der Waals surface area contributed by atoms with E-state index >= 15 is 0 Å². The third-order valence-corrected chi connectivity index (χ3v) is 2.81. The molecule has 0 spiro atoms. The number of nitrogens with one attached hydrogen (secondary N) is 1. The summed E-state index contributed by atoms with van der Waals surface area (Å²) in [5.41, 5.74) is 0.125. The molecular formula is C12H12N2O4. The summed E-state index contributed by atoms with van der Waals surface area (Å²) < 4.78 is 0. The van der Waals surface area contributed by atoms with Crippen LogP contribution in [0.5, 0.6) is 0 Å². The number of carboxylic acid groups (broad SMARTS) is 1. The first-order valence-corrected chi connectivity index (χ1v) is 5.51. The van der Waals surface area contributed by atoms with Crippen LogP contribution in [0.4, 0.5) is 11.4 Å². The van der Waals surface area contributed by atoms with Crippen LogP contribution < -0.4 is 5.32 Å². The van der Waals surface area contributed by atoms with Crippen LogP contribution >= 0.6 is 0 Å². The number of hydrogen-bond acceptors (Lipinski definition) is 4. The molecule has 0 fully saturated rings. The van der Waals surface area contributed by atoms with E-state index < -0.39 is 10.9 Å². The van der Waals surface area contributed by atoms with E-state index in [1.54, 1.807) is 0 Å². The molecule has 94 valence electrons. The fourth-order valence-corrected chi connectivity index (χ4v) is 1.90. The zero-order valence-corrected chi connectivity index (χ0v) is 9.50. The molecule has 1 aliphatic carbocycles.